The average molecular weight is 443 g/mol. The molecule has 1 heterocycles. The molecule has 1 amide bonds. The first-order valence-electron chi connectivity index (χ1n) is 10.2. The first-order valence-corrected chi connectivity index (χ1v) is 10.2. The van der Waals surface area contributed by atoms with Gasteiger partial charge in [-0.15, -0.1) is 5.10 Å². The van der Waals surface area contributed by atoms with Crippen molar-refractivity contribution in [2.75, 3.05) is 5.32 Å². The zero-order valence-electron chi connectivity index (χ0n) is 17.8. The summed E-state index contributed by atoms with van der Waals surface area (Å²) in [6.45, 7) is 1.97. The van der Waals surface area contributed by atoms with Gasteiger partial charge in [-0.2, -0.15) is 0 Å². The monoisotopic (exact) mass is 443 g/mol. The molecule has 0 saturated carbocycles. The normalized spacial score (nSPS) is 11.4. The average Bonchev–Trinajstić information content (AvgIpc) is 3.39. The van der Waals surface area contributed by atoms with E-state index < -0.39 is 18.0 Å². The maximum atomic E-state index is 12.4. The Labute approximate surface area is 190 Å². The van der Waals surface area contributed by atoms with Gasteiger partial charge in [0.1, 0.15) is 18.7 Å². The third-order valence-corrected chi connectivity index (χ3v) is 4.74. The molecule has 0 saturated heterocycles. The Bertz CT molecular complexity index is 1190. The molecule has 1 aromatic heterocycles. The lowest BCUT2D eigenvalue weighted by atomic mass is 10.2. The highest BCUT2D eigenvalue weighted by Crippen LogP contribution is 2.18. The summed E-state index contributed by atoms with van der Waals surface area (Å²) in [5.74, 6) is -0.362. The van der Waals surface area contributed by atoms with Gasteiger partial charge in [-0.25, -0.2) is 9.48 Å². The lowest BCUT2D eigenvalue weighted by Gasteiger charge is -2.14. The molecule has 1 N–H and O–H groups in total. The molecule has 0 aliphatic heterocycles. The molecule has 0 radical (unpaired) electrons. The maximum absolute atomic E-state index is 12.4. The van der Waals surface area contributed by atoms with E-state index in [2.05, 4.69) is 20.8 Å². The lowest BCUT2D eigenvalue weighted by Crippen LogP contribution is -2.30. The molecular weight excluding hydrogens is 422 g/mol. The zero-order valence-corrected chi connectivity index (χ0v) is 17.8. The second-order valence-electron chi connectivity index (χ2n) is 7.14. The van der Waals surface area contributed by atoms with E-state index >= 15 is 0 Å². The van der Waals surface area contributed by atoms with Gasteiger partial charge in [-0.3, -0.25) is 4.79 Å². The first-order chi connectivity index (χ1) is 16.1. The van der Waals surface area contributed by atoms with Crippen molar-refractivity contribution in [3.05, 3.63) is 96.3 Å². The van der Waals surface area contributed by atoms with Crippen molar-refractivity contribution < 1.29 is 19.1 Å². The van der Waals surface area contributed by atoms with Crippen molar-refractivity contribution in [2.24, 2.45) is 0 Å². The highest BCUT2D eigenvalue weighted by Gasteiger charge is 2.19. The van der Waals surface area contributed by atoms with Crippen LogP contribution in [-0.2, 0) is 16.1 Å². The van der Waals surface area contributed by atoms with Crippen LogP contribution >= 0.6 is 0 Å². The summed E-state index contributed by atoms with van der Waals surface area (Å²) in [5.41, 5.74) is 2.64. The van der Waals surface area contributed by atoms with E-state index in [1.807, 2.05) is 30.3 Å². The van der Waals surface area contributed by atoms with Crippen molar-refractivity contribution in [3.63, 3.8) is 0 Å². The molecule has 1 unspecified atom stereocenters. The number of hydrogen-bond donors (Lipinski definition) is 1. The fourth-order valence-corrected chi connectivity index (χ4v) is 2.93. The van der Waals surface area contributed by atoms with Gasteiger partial charge < -0.3 is 14.8 Å². The molecular formula is C24H21N5O4. The van der Waals surface area contributed by atoms with Crippen LogP contribution < -0.4 is 10.1 Å². The lowest BCUT2D eigenvalue weighted by molar-refractivity contribution is -0.123. The van der Waals surface area contributed by atoms with Crippen LogP contribution in [0.4, 0.5) is 5.69 Å². The van der Waals surface area contributed by atoms with E-state index in [1.165, 1.54) is 17.9 Å². The van der Waals surface area contributed by atoms with Gasteiger partial charge in [0.15, 0.2) is 6.10 Å². The molecule has 0 aliphatic rings. The van der Waals surface area contributed by atoms with E-state index in [0.717, 1.165) is 5.56 Å². The van der Waals surface area contributed by atoms with Gasteiger partial charge in [0, 0.05) is 5.69 Å². The third kappa shape index (κ3) is 5.79. The van der Waals surface area contributed by atoms with Crippen molar-refractivity contribution in [3.8, 4) is 11.4 Å². The maximum Gasteiger partial charge on any atom is 0.338 e. The van der Waals surface area contributed by atoms with Crippen LogP contribution in [0, 0.1) is 0 Å². The number of tetrazole rings is 1. The molecule has 3 aromatic carbocycles. The van der Waals surface area contributed by atoms with Gasteiger partial charge in [-0.1, -0.05) is 30.3 Å². The van der Waals surface area contributed by atoms with Crippen LogP contribution in [0.25, 0.3) is 5.69 Å². The number of anilines is 1. The van der Waals surface area contributed by atoms with Crippen molar-refractivity contribution in [1.82, 2.24) is 20.2 Å². The van der Waals surface area contributed by atoms with Crippen LogP contribution in [0.2, 0.25) is 0 Å². The molecule has 4 rings (SSSR count). The molecule has 9 nitrogen and oxygen atoms in total. The number of nitrogens with one attached hydrogen (secondary N) is 1. The van der Waals surface area contributed by atoms with Gasteiger partial charge >= 0.3 is 5.97 Å². The first kappa shape index (κ1) is 21.7. The molecule has 0 spiro atoms. The molecule has 0 aliphatic carbocycles. The highest BCUT2D eigenvalue weighted by atomic mass is 16.5. The molecule has 4 aromatic rings. The number of rotatable bonds is 8. The smallest absolute Gasteiger partial charge is 0.338 e. The Kier molecular flexibility index (Phi) is 6.70. The largest absolute Gasteiger partial charge is 0.489 e. The van der Waals surface area contributed by atoms with E-state index in [9.17, 15) is 9.59 Å². The Morgan fingerprint density at radius 2 is 1.70 bits per heavy atom. The third-order valence-electron chi connectivity index (χ3n) is 4.74. The molecule has 33 heavy (non-hydrogen) atoms. The minimum atomic E-state index is -0.981. The predicted molar refractivity (Wildman–Crippen MR) is 120 cm³/mol. The van der Waals surface area contributed by atoms with Crippen molar-refractivity contribution in [1.29, 1.82) is 0 Å². The number of carbonyl (C=O) groups excluding carboxylic acids is 2. The van der Waals surface area contributed by atoms with Crippen LogP contribution in [0.3, 0.4) is 0 Å². The minimum absolute atomic E-state index is 0.311. The SMILES string of the molecule is CC(OC(=O)c1ccc(-n2cnnn2)cc1)C(=O)Nc1ccc(OCc2ccccc2)cc1. The standard InChI is InChI=1S/C24H21N5O4/c1-17(33-24(31)19-7-11-21(12-8-19)29-16-25-27-28-29)23(30)26-20-9-13-22(14-10-20)32-15-18-5-3-2-4-6-18/h2-14,16-17H,15H2,1H3,(H,26,30). The van der Waals surface area contributed by atoms with Crippen LogP contribution in [0.1, 0.15) is 22.8 Å². The quantitative estimate of drug-likeness (QED) is 0.416. The number of benzene rings is 3. The second-order valence-corrected chi connectivity index (χ2v) is 7.14. The Hall–Kier alpha value is -4.53. The fourth-order valence-electron chi connectivity index (χ4n) is 2.93. The molecule has 0 fully saturated rings. The van der Waals surface area contributed by atoms with Gasteiger partial charge in [0.05, 0.1) is 11.3 Å². The van der Waals surface area contributed by atoms with Crippen LogP contribution in [-0.4, -0.2) is 38.2 Å². The number of nitrogens with zero attached hydrogens (tertiary/aromatic N) is 4. The van der Waals surface area contributed by atoms with E-state index in [-0.39, 0.29) is 0 Å². The number of aromatic nitrogens is 4. The number of amides is 1. The minimum Gasteiger partial charge on any atom is -0.489 e. The summed E-state index contributed by atoms with van der Waals surface area (Å²) in [7, 11) is 0. The van der Waals surface area contributed by atoms with Crippen LogP contribution in [0.5, 0.6) is 5.75 Å². The van der Waals surface area contributed by atoms with Crippen molar-refractivity contribution in [2.45, 2.75) is 19.6 Å². The van der Waals surface area contributed by atoms with Crippen molar-refractivity contribution >= 4 is 17.6 Å². The van der Waals surface area contributed by atoms with Gasteiger partial charge in [0.2, 0.25) is 0 Å². The Morgan fingerprint density at radius 1 is 0.970 bits per heavy atom. The number of hydrogen-bond acceptors (Lipinski definition) is 7. The van der Waals surface area contributed by atoms with E-state index in [1.54, 1.807) is 48.5 Å². The number of carbonyl (C=O) groups is 2. The molecule has 0 bridgehead atoms. The Morgan fingerprint density at radius 3 is 2.36 bits per heavy atom. The summed E-state index contributed by atoms with van der Waals surface area (Å²) in [6.07, 6.45) is 0.465. The van der Waals surface area contributed by atoms with E-state index in [4.69, 9.17) is 9.47 Å². The van der Waals surface area contributed by atoms with Crippen LogP contribution in [0.15, 0.2) is 85.2 Å². The summed E-state index contributed by atoms with van der Waals surface area (Å²) in [4.78, 5) is 24.8. The second kappa shape index (κ2) is 10.2. The molecule has 9 heteroatoms. The predicted octanol–water partition coefficient (Wildman–Crippen LogP) is 3.43. The summed E-state index contributed by atoms with van der Waals surface area (Å²) in [6, 6.07) is 23.3. The number of ether oxygens (including phenoxy) is 2. The summed E-state index contributed by atoms with van der Waals surface area (Å²) < 4.78 is 12.5. The van der Waals surface area contributed by atoms with Gasteiger partial charge in [-0.05, 0) is 71.4 Å². The summed E-state index contributed by atoms with van der Waals surface area (Å²) in [5, 5.41) is 13.6. The van der Waals surface area contributed by atoms with Gasteiger partial charge in [0.25, 0.3) is 5.91 Å². The molecule has 1 atom stereocenters. The number of esters is 1. The highest BCUT2D eigenvalue weighted by molar-refractivity contribution is 5.97. The zero-order chi connectivity index (χ0) is 23.0. The molecule has 166 valence electrons. The fraction of sp³-hybridized carbons (Fsp3) is 0.125. The summed E-state index contributed by atoms with van der Waals surface area (Å²) >= 11 is 0. The Balaban J connectivity index is 1.27. The topological polar surface area (TPSA) is 108 Å². The van der Waals surface area contributed by atoms with E-state index in [0.29, 0.717) is 29.3 Å².